The first-order valence-electron chi connectivity index (χ1n) is 7.80. The number of nitrogens with one attached hydrogen (secondary N) is 4. The molecule has 1 aliphatic rings. The molecular weight excluding hydrogens is 328 g/mol. The zero-order valence-corrected chi connectivity index (χ0v) is 14.2. The number of hydrazine groups is 1. The molecule has 24 heavy (non-hydrogen) atoms. The number of hydrogen-bond donors (Lipinski definition) is 4. The lowest BCUT2D eigenvalue weighted by Crippen LogP contribution is -2.48. The first-order valence-corrected chi connectivity index (χ1v) is 8.21. The normalized spacial score (nSPS) is 12.9. The van der Waals surface area contributed by atoms with E-state index in [0.717, 1.165) is 19.3 Å². The summed E-state index contributed by atoms with van der Waals surface area (Å²) < 4.78 is 0. The van der Waals surface area contributed by atoms with Gasteiger partial charge >= 0.3 is 0 Å². The summed E-state index contributed by atoms with van der Waals surface area (Å²) in [6.07, 6.45) is 2.98. The number of carbonyl (C=O) groups excluding carboxylic acids is 3. The van der Waals surface area contributed by atoms with E-state index in [0.29, 0.717) is 17.7 Å². The van der Waals surface area contributed by atoms with Gasteiger partial charge in [-0.15, -0.1) is 0 Å². The Labute approximate surface area is 145 Å². The lowest BCUT2D eigenvalue weighted by Gasteiger charge is -2.11. The largest absolute Gasteiger partial charge is 0.326 e. The van der Waals surface area contributed by atoms with Crippen molar-refractivity contribution in [2.45, 2.75) is 32.6 Å². The number of hydrogen-bond acceptors (Lipinski definition) is 4. The molecule has 0 spiro atoms. The second kappa shape index (κ2) is 8.39. The maximum absolute atomic E-state index is 12.0. The van der Waals surface area contributed by atoms with Crippen LogP contribution in [0.15, 0.2) is 24.3 Å². The van der Waals surface area contributed by atoms with Crippen molar-refractivity contribution >= 4 is 40.7 Å². The van der Waals surface area contributed by atoms with Crippen LogP contribution in [0, 0.1) is 5.92 Å². The van der Waals surface area contributed by atoms with Gasteiger partial charge in [-0.25, -0.2) is 0 Å². The molecule has 0 bridgehead atoms. The summed E-state index contributed by atoms with van der Waals surface area (Å²) in [6, 6.07) is 6.47. The molecule has 1 aliphatic carbocycles. The molecule has 1 aromatic carbocycles. The van der Waals surface area contributed by atoms with E-state index in [1.165, 1.54) is 0 Å². The van der Waals surface area contributed by atoms with Gasteiger partial charge in [-0.3, -0.25) is 25.2 Å². The average Bonchev–Trinajstić information content (AvgIpc) is 3.38. The Bertz CT molecular complexity index is 641. The maximum atomic E-state index is 12.0. The Hall–Kier alpha value is -2.48. The minimum atomic E-state index is -0.399. The van der Waals surface area contributed by atoms with Crippen LogP contribution in [0.25, 0.3) is 0 Å². The van der Waals surface area contributed by atoms with Gasteiger partial charge in [0.05, 0.1) is 0 Å². The highest BCUT2D eigenvalue weighted by atomic mass is 32.1. The number of amides is 3. The van der Waals surface area contributed by atoms with Gasteiger partial charge in [-0.05, 0) is 55.7 Å². The van der Waals surface area contributed by atoms with Crippen molar-refractivity contribution in [1.29, 1.82) is 0 Å². The van der Waals surface area contributed by atoms with E-state index in [2.05, 4.69) is 21.5 Å². The van der Waals surface area contributed by atoms with Crippen molar-refractivity contribution in [3.05, 3.63) is 29.8 Å². The molecule has 2 rings (SSSR count). The van der Waals surface area contributed by atoms with Crippen LogP contribution in [-0.4, -0.2) is 22.8 Å². The number of rotatable bonds is 5. The Balaban J connectivity index is 1.78. The molecule has 0 aliphatic heterocycles. The molecule has 0 saturated heterocycles. The zero-order chi connectivity index (χ0) is 17.5. The van der Waals surface area contributed by atoms with Crippen molar-refractivity contribution in [3.63, 3.8) is 0 Å². The summed E-state index contributed by atoms with van der Waals surface area (Å²) in [4.78, 5) is 35.0. The molecule has 4 N–H and O–H groups in total. The number of benzene rings is 1. The molecule has 0 atom stereocenters. The van der Waals surface area contributed by atoms with Gasteiger partial charge in [0.25, 0.3) is 5.91 Å². The molecule has 128 valence electrons. The highest BCUT2D eigenvalue weighted by Gasteiger charge is 2.30. The van der Waals surface area contributed by atoms with Gasteiger partial charge in [-0.2, -0.15) is 0 Å². The quantitative estimate of drug-likeness (QED) is 0.477. The van der Waals surface area contributed by atoms with Crippen LogP contribution in [-0.2, 0) is 9.59 Å². The highest BCUT2D eigenvalue weighted by Crippen LogP contribution is 2.28. The molecule has 3 amide bonds. The first-order chi connectivity index (χ1) is 11.5. The average molecular weight is 348 g/mol. The SMILES string of the molecule is CCCC(=O)Nc1ccc(C(=O)NNC(=S)NC(=O)C2CC2)cc1. The fourth-order valence-corrected chi connectivity index (χ4v) is 2.08. The second-order valence-electron chi connectivity index (χ2n) is 5.55. The maximum Gasteiger partial charge on any atom is 0.269 e. The fraction of sp³-hybridized carbons (Fsp3) is 0.375. The topological polar surface area (TPSA) is 99.3 Å². The summed E-state index contributed by atoms with van der Waals surface area (Å²) >= 11 is 4.93. The first kappa shape index (κ1) is 17.9. The zero-order valence-electron chi connectivity index (χ0n) is 13.3. The summed E-state index contributed by atoms with van der Waals surface area (Å²) in [5, 5.41) is 5.31. The van der Waals surface area contributed by atoms with Gasteiger partial charge in [0.1, 0.15) is 0 Å². The van der Waals surface area contributed by atoms with Gasteiger partial charge in [0.2, 0.25) is 11.8 Å². The second-order valence-corrected chi connectivity index (χ2v) is 5.96. The third kappa shape index (κ3) is 5.62. The smallest absolute Gasteiger partial charge is 0.269 e. The molecule has 1 fully saturated rings. The monoisotopic (exact) mass is 348 g/mol. The van der Waals surface area contributed by atoms with Gasteiger partial charge in [-0.1, -0.05) is 6.92 Å². The lowest BCUT2D eigenvalue weighted by atomic mass is 10.2. The van der Waals surface area contributed by atoms with Crippen molar-refractivity contribution < 1.29 is 14.4 Å². The predicted molar refractivity (Wildman–Crippen MR) is 94.0 cm³/mol. The van der Waals surface area contributed by atoms with Crippen LogP contribution in [0.5, 0.6) is 0 Å². The van der Waals surface area contributed by atoms with Crippen LogP contribution in [0.1, 0.15) is 43.0 Å². The molecule has 0 unspecified atom stereocenters. The van der Waals surface area contributed by atoms with E-state index in [9.17, 15) is 14.4 Å². The molecular formula is C16H20N4O3S. The Morgan fingerprint density at radius 3 is 2.38 bits per heavy atom. The lowest BCUT2D eigenvalue weighted by molar-refractivity contribution is -0.121. The number of anilines is 1. The Kier molecular flexibility index (Phi) is 6.25. The van der Waals surface area contributed by atoms with Crippen molar-refractivity contribution in [3.8, 4) is 0 Å². The van der Waals surface area contributed by atoms with E-state index < -0.39 is 5.91 Å². The summed E-state index contributed by atoms with van der Waals surface area (Å²) in [6.45, 7) is 1.93. The molecule has 0 radical (unpaired) electrons. The predicted octanol–water partition coefficient (Wildman–Crippen LogP) is 1.47. The molecule has 0 aromatic heterocycles. The van der Waals surface area contributed by atoms with E-state index in [1.54, 1.807) is 24.3 Å². The van der Waals surface area contributed by atoms with E-state index in [4.69, 9.17) is 12.2 Å². The van der Waals surface area contributed by atoms with Crippen LogP contribution >= 0.6 is 12.2 Å². The van der Waals surface area contributed by atoms with Crippen molar-refractivity contribution in [2.75, 3.05) is 5.32 Å². The van der Waals surface area contributed by atoms with Crippen LogP contribution in [0.2, 0.25) is 0 Å². The van der Waals surface area contributed by atoms with Gasteiger partial charge < -0.3 is 10.6 Å². The Morgan fingerprint density at radius 2 is 1.79 bits per heavy atom. The van der Waals surface area contributed by atoms with E-state index in [1.807, 2.05) is 6.92 Å². The third-order valence-corrected chi connectivity index (χ3v) is 3.59. The van der Waals surface area contributed by atoms with Crippen molar-refractivity contribution in [2.24, 2.45) is 5.92 Å². The molecule has 1 saturated carbocycles. The minimum Gasteiger partial charge on any atom is -0.326 e. The van der Waals surface area contributed by atoms with Crippen molar-refractivity contribution in [1.82, 2.24) is 16.2 Å². The summed E-state index contributed by atoms with van der Waals surface area (Å²) in [5.74, 6) is -0.553. The molecule has 8 heteroatoms. The van der Waals surface area contributed by atoms with Gasteiger partial charge in [0.15, 0.2) is 5.11 Å². The Morgan fingerprint density at radius 1 is 1.12 bits per heavy atom. The summed E-state index contributed by atoms with van der Waals surface area (Å²) in [7, 11) is 0. The van der Waals surface area contributed by atoms with Crippen LogP contribution < -0.4 is 21.5 Å². The molecule has 0 heterocycles. The van der Waals surface area contributed by atoms with Crippen LogP contribution in [0.4, 0.5) is 5.69 Å². The fourth-order valence-electron chi connectivity index (χ4n) is 1.93. The van der Waals surface area contributed by atoms with Gasteiger partial charge in [0, 0.05) is 23.6 Å². The number of carbonyl (C=O) groups is 3. The molecule has 1 aromatic rings. The summed E-state index contributed by atoms with van der Waals surface area (Å²) in [5.41, 5.74) is 5.93. The van der Waals surface area contributed by atoms with E-state index in [-0.39, 0.29) is 22.8 Å². The number of thiocarbonyl (C=S) groups is 1. The van der Waals surface area contributed by atoms with Crippen LogP contribution in [0.3, 0.4) is 0 Å². The minimum absolute atomic E-state index is 0.0379. The standard InChI is InChI=1S/C16H20N4O3S/c1-2-3-13(21)17-12-8-6-11(7-9-12)15(23)19-20-16(24)18-14(22)10-4-5-10/h6-10H,2-5H2,1H3,(H,17,21)(H,19,23)(H2,18,20,22,24). The third-order valence-electron chi connectivity index (χ3n) is 3.38. The molecule has 7 nitrogen and oxygen atoms in total. The van der Waals surface area contributed by atoms with E-state index >= 15 is 0 Å². The highest BCUT2D eigenvalue weighted by molar-refractivity contribution is 7.80.